The largest absolute Gasteiger partial charge is 0.497 e. The first kappa shape index (κ1) is 26.5. The molecule has 1 fully saturated rings. The van der Waals surface area contributed by atoms with Crippen molar-refractivity contribution in [3.05, 3.63) is 84.4 Å². The van der Waals surface area contributed by atoms with Crippen LogP contribution in [0.5, 0.6) is 5.75 Å². The van der Waals surface area contributed by atoms with Crippen LogP contribution in [0.25, 0.3) is 0 Å². The van der Waals surface area contributed by atoms with Gasteiger partial charge in [0.15, 0.2) is 0 Å². The van der Waals surface area contributed by atoms with Crippen LogP contribution in [0, 0.1) is 5.92 Å². The number of hydrogen-bond donors (Lipinski definition) is 1. The summed E-state index contributed by atoms with van der Waals surface area (Å²) >= 11 is 0. The topological polar surface area (TPSA) is 79.0 Å². The van der Waals surface area contributed by atoms with Gasteiger partial charge in [0.25, 0.3) is 10.0 Å². The number of carbonyl (C=O) groups excluding carboxylic acids is 1. The summed E-state index contributed by atoms with van der Waals surface area (Å²) in [5.74, 6) is 0.855. The van der Waals surface area contributed by atoms with E-state index in [9.17, 15) is 13.2 Å². The van der Waals surface area contributed by atoms with Crippen molar-refractivity contribution in [1.29, 1.82) is 0 Å². The van der Waals surface area contributed by atoms with Gasteiger partial charge in [-0.15, -0.1) is 0 Å². The number of rotatable bonds is 9. The molecule has 3 aromatic carbocycles. The molecule has 0 aromatic heterocycles. The minimum absolute atomic E-state index is 0.0839. The Morgan fingerprint density at radius 3 is 2.35 bits per heavy atom. The zero-order valence-electron chi connectivity index (χ0n) is 21.6. The Hall–Kier alpha value is -3.52. The van der Waals surface area contributed by atoms with Crippen LogP contribution < -0.4 is 19.3 Å². The number of nitrogens with zero attached hydrogens (tertiary/aromatic N) is 2. The van der Waals surface area contributed by atoms with Crippen molar-refractivity contribution in [3.8, 4) is 5.75 Å². The molecule has 4 rings (SSSR count). The Bertz CT molecular complexity index is 1280. The SMILES string of the molecule is COc1ccc(S(=O)(=O)N(CC(=O)NC(C)c2ccc(N3CCCC(C)C3)cc2)c2ccccc2)cc1. The Morgan fingerprint density at radius 1 is 1.05 bits per heavy atom. The number of anilines is 2. The second kappa shape index (κ2) is 11.7. The summed E-state index contributed by atoms with van der Waals surface area (Å²) in [5.41, 5.74) is 2.57. The lowest BCUT2D eigenvalue weighted by molar-refractivity contribution is -0.120. The minimum Gasteiger partial charge on any atom is -0.497 e. The molecule has 37 heavy (non-hydrogen) atoms. The molecule has 1 heterocycles. The maximum Gasteiger partial charge on any atom is 0.264 e. The van der Waals surface area contributed by atoms with Crippen molar-refractivity contribution in [2.75, 3.05) is 35.9 Å². The van der Waals surface area contributed by atoms with Crippen molar-refractivity contribution in [2.24, 2.45) is 5.92 Å². The maximum atomic E-state index is 13.5. The van der Waals surface area contributed by atoms with Crippen LogP contribution in [0.1, 0.15) is 38.3 Å². The van der Waals surface area contributed by atoms with Gasteiger partial charge in [0, 0.05) is 18.8 Å². The van der Waals surface area contributed by atoms with Gasteiger partial charge in [-0.2, -0.15) is 0 Å². The van der Waals surface area contributed by atoms with Crippen molar-refractivity contribution < 1.29 is 17.9 Å². The number of amides is 1. The monoisotopic (exact) mass is 521 g/mol. The molecule has 0 spiro atoms. The van der Waals surface area contributed by atoms with Gasteiger partial charge in [0.2, 0.25) is 5.91 Å². The lowest BCUT2D eigenvalue weighted by atomic mass is 9.99. The van der Waals surface area contributed by atoms with E-state index >= 15 is 0 Å². The molecule has 7 nitrogen and oxygen atoms in total. The van der Waals surface area contributed by atoms with E-state index in [1.807, 2.05) is 19.1 Å². The Morgan fingerprint density at radius 2 is 1.73 bits per heavy atom. The molecule has 196 valence electrons. The number of carbonyl (C=O) groups is 1. The summed E-state index contributed by atoms with van der Waals surface area (Å²) < 4.78 is 33.4. The molecule has 0 bridgehead atoms. The number of methoxy groups -OCH3 is 1. The smallest absolute Gasteiger partial charge is 0.264 e. The first-order valence-corrected chi connectivity index (χ1v) is 14.1. The summed E-state index contributed by atoms with van der Waals surface area (Å²) in [7, 11) is -2.46. The van der Waals surface area contributed by atoms with Crippen LogP contribution >= 0.6 is 0 Å². The van der Waals surface area contributed by atoms with Gasteiger partial charge in [-0.05, 0) is 79.8 Å². The molecule has 0 radical (unpaired) electrons. The maximum absolute atomic E-state index is 13.5. The molecule has 1 aliphatic heterocycles. The lowest BCUT2D eigenvalue weighted by Gasteiger charge is -2.33. The Labute approximate surface area is 220 Å². The molecule has 3 aromatic rings. The van der Waals surface area contributed by atoms with Gasteiger partial charge in [0.05, 0.1) is 23.7 Å². The average molecular weight is 522 g/mol. The molecular formula is C29H35N3O4S. The number of para-hydroxylation sites is 1. The number of hydrogen-bond acceptors (Lipinski definition) is 5. The summed E-state index contributed by atoms with van der Waals surface area (Å²) in [6.45, 7) is 5.97. The van der Waals surface area contributed by atoms with Crippen molar-refractivity contribution in [1.82, 2.24) is 5.32 Å². The molecule has 2 unspecified atom stereocenters. The fourth-order valence-electron chi connectivity index (χ4n) is 4.68. The highest BCUT2D eigenvalue weighted by Crippen LogP contribution is 2.26. The predicted octanol–water partition coefficient (Wildman–Crippen LogP) is 5.00. The van der Waals surface area contributed by atoms with Gasteiger partial charge in [-0.3, -0.25) is 9.10 Å². The normalized spacial score (nSPS) is 16.6. The van der Waals surface area contributed by atoms with Gasteiger partial charge in [-0.25, -0.2) is 8.42 Å². The average Bonchev–Trinajstić information content (AvgIpc) is 2.92. The number of ether oxygens (including phenoxy) is 1. The van der Waals surface area contributed by atoms with Crippen LogP contribution in [0.3, 0.4) is 0 Å². The fraction of sp³-hybridized carbons (Fsp3) is 0.345. The lowest BCUT2D eigenvalue weighted by Crippen LogP contribution is -2.41. The van der Waals surface area contributed by atoms with Crippen LogP contribution in [-0.4, -0.2) is 41.1 Å². The van der Waals surface area contributed by atoms with Gasteiger partial charge >= 0.3 is 0 Å². The third-order valence-electron chi connectivity index (χ3n) is 6.77. The van der Waals surface area contributed by atoms with Crippen molar-refractivity contribution in [2.45, 2.75) is 37.6 Å². The third kappa shape index (κ3) is 6.43. The van der Waals surface area contributed by atoms with E-state index in [1.54, 1.807) is 42.5 Å². The fourth-order valence-corrected chi connectivity index (χ4v) is 6.10. The third-order valence-corrected chi connectivity index (χ3v) is 8.56. The second-order valence-electron chi connectivity index (χ2n) is 9.60. The standard InChI is InChI=1S/C29H35N3O4S/c1-22-8-7-19-31(20-22)25-13-11-24(12-14-25)23(2)30-29(33)21-32(26-9-5-4-6-10-26)37(34,35)28-17-15-27(36-3)16-18-28/h4-6,9-18,22-23H,7-8,19-21H2,1-3H3,(H,30,33). The summed E-state index contributed by atoms with van der Waals surface area (Å²) in [6.07, 6.45) is 2.47. The minimum atomic E-state index is -3.99. The Kier molecular flexibility index (Phi) is 8.38. The summed E-state index contributed by atoms with van der Waals surface area (Å²) in [4.78, 5) is 15.6. The van der Waals surface area contributed by atoms with Gasteiger partial charge in [-0.1, -0.05) is 37.3 Å². The van der Waals surface area contributed by atoms with Crippen molar-refractivity contribution >= 4 is 27.3 Å². The van der Waals surface area contributed by atoms with Crippen LogP contribution in [0.2, 0.25) is 0 Å². The second-order valence-corrected chi connectivity index (χ2v) is 11.5. The Balaban J connectivity index is 1.48. The highest BCUT2D eigenvalue weighted by molar-refractivity contribution is 7.92. The van der Waals surface area contributed by atoms with E-state index in [0.717, 1.165) is 23.0 Å². The zero-order valence-corrected chi connectivity index (χ0v) is 22.4. The molecule has 1 aliphatic rings. The van der Waals surface area contributed by atoms with Crippen LogP contribution in [0.4, 0.5) is 11.4 Å². The van der Waals surface area contributed by atoms with E-state index in [4.69, 9.17) is 4.74 Å². The van der Waals surface area contributed by atoms with Gasteiger partial charge < -0.3 is 15.0 Å². The quantitative estimate of drug-likeness (QED) is 0.429. The molecule has 8 heteroatoms. The molecule has 1 N–H and O–H groups in total. The van der Waals surface area contributed by atoms with E-state index < -0.39 is 10.0 Å². The molecule has 1 amide bonds. The summed E-state index contributed by atoms with van der Waals surface area (Å²) in [6, 6.07) is 22.8. The first-order valence-electron chi connectivity index (χ1n) is 12.6. The molecule has 0 aliphatic carbocycles. The highest BCUT2D eigenvalue weighted by Gasteiger charge is 2.28. The summed E-state index contributed by atoms with van der Waals surface area (Å²) in [5, 5.41) is 2.97. The van der Waals surface area contributed by atoms with Crippen LogP contribution in [0.15, 0.2) is 83.8 Å². The predicted molar refractivity (Wildman–Crippen MR) is 148 cm³/mol. The van der Waals surface area contributed by atoms with Crippen molar-refractivity contribution in [3.63, 3.8) is 0 Å². The van der Waals surface area contributed by atoms with E-state index in [0.29, 0.717) is 17.4 Å². The zero-order chi connectivity index (χ0) is 26.4. The van der Waals surface area contributed by atoms with Gasteiger partial charge in [0.1, 0.15) is 12.3 Å². The number of benzene rings is 3. The first-order chi connectivity index (χ1) is 17.8. The van der Waals surface area contributed by atoms with E-state index in [2.05, 4.69) is 29.3 Å². The number of piperidine rings is 1. The highest BCUT2D eigenvalue weighted by atomic mass is 32.2. The molecule has 0 saturated carbocycles. The number of sulfonamides is 1. The molecule has 1 saturated heterocycles. The molecular weight excluding hydrogens is 486 g/mol. The van der Waals surface area contributed by atoms with Crippen LogP contribution in [-0.2, 0) is 14.8 Å². The van der Waals surface area contributed by atoms with E-state index in [-0.39, 0.29) is 23.4 Å². The molecule has 2 atom stereocenters. The number of nitrogens with one attached hydrogen (secondary N) is 1. The van der Waals surface area contributed by atoms with E-state index in [1.165, 1.54) is 37.8 Å².